The van der Waals surface area contributed by atoms with E-state index in [1.54, 1.807) is 6.20 Å². The summed E-state index contributed by atoms with van der Waals surface area (Å²) < 4.78 is 18.1. The molecule has 2 aliphatic heterocycles. The number of aryl methyl sites for hydroxylation is 1. The highest BCUT2D eigenvalue weighted by Gasteiger charge is 2.61. The normalized spacial score (nSPS) is 40.9. The monoisotopic (exact) mass is 415 g/mol. The third-order valence-corrected chi connectivity index (χ3v) is 8.66. The van der Waals surface area contributed by atoms with Crippen molar-refractivity contribution in [1.29, 1.82) is 0 Å². The van der Waals surface area contributed by atoms with Crippen molar-refractivity contribution in [1.82, 2.24) is 15.6 Å². The summed E-state index contributed by atoms with van der Waals surface area (Å²) in [5, 5.41) is 6.38. The molecular weight excluding hydrogens is 382 g/mol. The maximum absolute atomic E-state index is 12.8. The molecule has 3 heterocycles. The number of carbonyl (C=O) groups excluding carboxylic acids is 1. The van der Waals surface area contributed by atoms with E-state index in [-0.39, 0.29) is 47.3 Å². The standard InChI is InChI=1S/C23H33N3O4/c1-13-16(6-5-9-24-13)30-17-12-29-19-15(11-28-20(17)19)25-21(27)26-18-10-14-7-8-23(18,4)22(14,2)3/h5-6,9,14-15,17-20H,7-8,10-12H2,1-4H3,(H2,25,26,27)/t14-,15?,17?,18-,19?,20?,23+/m1/s1. The topological polar surface area (TPSA) is 81.7 Å². The predicted octanol–water partition coefficient (Wildman–Crippen LogP) is 2.82. The summed E-state index contributed by atoms with van der Waals surface area (Å²) in [6.45, 7) is 9.85. The van der Waals surface area contributed by atoms with E-state index in [1.807, 2.05) is 19.1 Å². The van der Waals surface area contributed by atoms with Crippen LogP contribution in [0.1, 0.15) is 45.7 Å². The zero-order valence-electron chi connectivity index (χ0n) is 18.3. The molecule has 164 valence electrons. The lowest BCUT2D eigenvalue weighted by Crippen LogP contribution is -2.54. The summed E-state index contributed by atoms with van der Waals surface area (Å²) in [4.78, 5) is 17.1. The molecule has 2 bridgehead atoms. The van der Waals surface area contributed by atoms with E-state index < -0.39 is 0 Å². The van der Waals surface area contributed by atoms with Crippen molar-refractivity contribution in [3.8, 4) is 5.75 Å². The molecule has 7 atom stereocenters. The van der Waals surface area contributed by atoms with E-state index in [9.17, 15) is 4.79 Å². The molecule has 2 saturated carbocycles. The molecule has 4 fully saturated rings. The van der Waals surface area contributed by atoms with Gasteiger partial charge in [0.05, 0.1) is 24.9 Å². The Balaban J connectivity index is 1.18. The number of fused-ring (bicyclic) bond motifs is 3. The number of hydrogen-bond acceptors (Lipinski definition) is 5. The first-order valence-electron chi connectivity index (χ1n) is 11.2. The van der Waals surface area contributed by atoms with Crippen molar-refractivity contribution in [3.63, 3.8) is 0 Å². The Morgan fingerprint density at radius 1 is 1.20 bits per heavy atom. The van der Waals surface area contributed by atoms with Crippen LogP contribution in [0, 0.1) is 23.7 Å². The molecule has 4 unspecified atom stereocenters. The van der Waals surface area contributed by atoms with Crippen LogP contribution in [0.5, 0.6) is 5.75 Å². The smallest absolute Gasteiger partial charge is 0.315 e. The van der Waals surface area contributed by atoms with Crippen molar-refractivity contribution in [2.75, 3.05) is 13.2 Å². The number of nitrogens with one attached hydrogen (secondary N) is 2. The number of rotatable bonds is 4. The SMILES string of the molecule is Cc1ncccc1OC1COC2C(NC(=O)N[C@@H]3C[C@H]4CC[C@]3(C)C4(C)C)COC12. The van der Waals surface area contributed by atoms with Gasteiger partial charge in [0.1, 0.15) is 18.0 Å². The van der Waals surface area contributed by atoms with E-state index >= 15 is 0 Å². The van der Waals surface area contributed by atoms with E-state index in [0.29, 0.717) is 19.1 Å². The van der Waals surface area contributed by atoms with Crippen LogP contribution < -0.4 is 15.4 Å². The molecular formula is C23H33N3O4. The number of urea groups is 1. The van der Waals surface area contributed by atoms with Gasteiger partial charge in [-0.3, -0.25) is 4.98 Å². The van der Waals surface area contributed by atoms with Gasteiger partial charge in [-0.1, -0.05) is 20.8 Å². The fourth-order valence-electron chi connectivity index (χ4n) is 6.24. The molecule has 7 nitrogen and oxygen atoms in total. The van der Waals surface area contributed by atoms with Crippen LogP contribution in [0.2, 0.25) is 0 Å². The van der Waals surface area contributed by atoms with Crippen molar-refractivity contribution < 1.29 is 19.0 Å². The lowest BCUT2D eigenvalue weighted by molar-refractivity contribution is 0.0299. The first kappa shape index (κ1) is 20.1. The number of nitrogens with zero attached hydrogens (tertiary/aromatic N) is 1. The van der Waals surface area contributed by atoms with E-state index in [2.05, 4.69) is 36.4 Å². The van der Waals surface area contributed by atoms with Crippen LogP contribution in [-0.4, -0.2) is 54.6 Å². The maximum Gasteiger partial charge on any atom is 0.315 e. The van der Waals surface area contributed by atoms with Crippen LogP contribution >= 0.6 is 0 Å². The summed E-state index contributed by atoms with van der Waals surface area (Å²) in [5.41, 5.74) is 1.28. The Morgan fingerprint density at radius 2 is 2.00 bits per heavy atom. The van der Waals surface area contributed by atoms with E-state index in [1.165, 1.54) is 12.8 Å². The van der Waals surface area contributed by atoms with Crippen LogP contribution in [0.25, 0.3) is 0 Å². The number of amides is 2. The first-order valence-corrected chi connectivity index (χ1v) is 11.2. The molecule has 2 saturated heterocycles. The Kier molecular flexibility index (Phi) is 4.74. The molecule has 1 aromatic rings. The molecule has 1 aromatic heterocycles. The molecule has 7 heteroatoms. The van der Waals surface area contributed by atoms with Crippen LogP contribution in [0.3, 0.4) is 0 Å². The minimum Gasteiger partial charge on any atom is -0.483 e. The molecule has 5 rings (SSSR count). The minimum atomic E-state index is -0.196. The summed E-state index contributed by atoms with van der Waals surface area (Å²) >= 11 is 0. The number of ether oxygens (including phenoxy) is 3. The zero-order chi connectivity index (χ0) is 21.1. The highest BCUT2D eigenvalue weighted by Crippen LogP contribution is 2.65. The molecule has 30 heavy (non-hydrogen) atoms. The van der Waals surface area contributed by atoms with Gasteiger partial charge in [0.2, 0.25) is 0 Å². The minimum absolute atomic E-state index is 0.116. The maximum atomic E-state index is 12.8. The molecule has 2 amide bonds. The Bertz CT molecular complexity index is 830. The second-order valence-corrected chi connectivity index (χ2v) is 10.2. The van der Waals surface area contributed by atoms with Gasteiger partial charge in [0.15, 0.2) is 6.10 Å². The summed E-state index contributed by atoms with van der Waals surface area (Å²) in [7, 11) is 0. The Morgan fingerprint density at radius 3 is 2.70 bits per heavy atom. The van der Waals surface area contributed by atoms with Crippen molar-refractivity contribution in [3.05, 3.63) is 24.0 Å². The van der Waals surface area contributed by atoms with Gasteiger partial charge in [-0.15, -0.1) is 0 Å². The number of aromatic nitrogens is 1. The fraction of sp³-hybridized carbons (Fsp3) is 0.739. The van der Waals surface area contributed by atoms with Crippen molar-refractivity contribution in [2.24, 2.45) is 16.7 Å². The Labute approximate surface area is 178 Å². The highest BCUT2D eigenvalue weighted by molar-refractivity contribution is 5.75. The van der Waals surface area contributed by atoms with Gasteiger partial charge >= 0.3 is 6.03 Å². The van der Waals surface area contributed by atoms with Gasteiger partial charge in [-0.25, -0.2) is 4.79 Å². The Hall–Kier alpha value is -1.86. The zero-order valence-corrected chi connectivity index (χ0v) is 18.3. The second kappa shape index (κ2) is 7.09. The average molecular weight is 416 g/mol. The number of hydrogen-bond donors (Lipinski definition) is 2. The van der Waals surface area contributed by atoms with Crippen molar-refractivity contribution in [2.45, 2.75) is 77.4 Å². The first-order chi connectivity index (χ1) is 14.3. The van der Waals surface area contributed by atoms with Crippen molar-refractivity contribution >= 4 is 6.03 Å². The van der Waals surface area contributed by atoms with E-state index in [4.69, 9.17) is 14.2 Å². The third kappa shape index (κ3) is 3.01. The largest absolute Gasteiger partial charge is 0.483 e. The van der Waals surface area contributed by atoms with Gasteiger partial charge < -0.3 is 24.8 Å². The fourth-order valence-corrected chi connectivity index (χ4v) is 6.24. The molecule has 2 N–H and O–H groups in total. The second-order valence-electron chi connectivity index (χ2n) is 10.2. The average Bonchev–Trinajstić information content (AvgIpc) is 3.38. The lowest BCUT2D eigenvalue weighted by Gasteiger charge is -2.39. The molecule has 0 aromatic carbocycles. The number of carbonyl (C=O) groups is 1. The van der Waals surface area contributed by atoms with Crippen LogP contribution in [0.4, 0.5) is 4.79 Å². The molecule has 4 aliphatic rings. The van der Waals surface area contributed by atoms with E-state index in [0.717, 1.165) is 17.9 Å². The predicted molar refractivity (Wildman–Crippen MR) is 111 cm³/mol. The summed E-state index contributed by atoms with van der Waals surface area (Å²) in [5.74, 6) is 1.44. The summed E-state index contributed by atoms with van der Waals surface area (Å²) in [6.07, 6.45) is 4.70. The van der Waals surface area contributed by atoms with Crippen LogP contribution in [-0.2, 0) is 9.47 Å². The summed E-state index contributed by atoms with van der Waals surface area (Å²) in [6, 6.07) is 3.70. The quantitative estimate of drug-likeness (QED) is 0.790. The molecule has 0 radical (unpaired) electrons. The van der Waals surface area contributed by atoms with Crippen LogP contribution in [0.15, 0.2) is 18.3 Å². The highest BCUT2D eigenvalue weighted by atomic mass is 16.6. The number of pyridine rings is 1. The van der Waals surface area contributed by atoms with Gasteiger partial charge in [-0.2, -0.15) is 0 Å². The molecule has 2 aliphatic carbocycles. The van der Waals surface area contributed by atoms with Gasteiger partial charge in [0.25, 0.3) is 0 Å². The third-order valence-electron chi connectivity index (χ3n) is 8.66. The van der Waals surface area contributed by atoms with Gasteiger partial charge in [0, 0.05) is 12.2 Å². The molecule has 0 spiro atoms. The van der Waals surface area contributed by atoms with Gasteiger partial charge in [-0.05, 0) is 55.1 Å². The lowest BCUT2D eigenvalue weighted by atomic mass is 9.69.